The smallest absolute Gasteiger partial charge is 0.260 e. The Hall–Kier alpha value is -2.44. The molecule has 138 valence electrons. The fraction of sp³-hybridized carbons (Fsp3) is 0.300. The van der Waals surface area contributed by atoms with E-state index in [1.165, 1.54) is 13.2 Å². The molecule has 2 aromatic heterocycles. The fourth-order valence-corrected chi connectivity index (χ4v) is 4.62. The molecule has 1 aliphatic carbocycles. The number of fused-ring (bicyclic) bond motifs is 4. The predicted molar refractivity (Wildman–Crippen MR) is 99.9 cm³/mol. The lowest BCUT2D eigenvalue weighted by atomic mass is 9.87. The van der Waals surface area contributed by atoms with Crippen LogP contribution in [0.2, 0.25) is 5.02 Å². The van der Waals surface area contributed by atoms with E-state index in [-0.39, 0.29) is 28.5 Å². The lowest BCUT2D eigenvalue weighted by molar-refractivity contribution is 0.180. The minimum absolute atomic E-state index is 0.0362. The summed E-state index contributed by atoms with van der Waals surface area (Å²) in [6, 6.07) is 2.90. The Kier molecular flexibility index (Phi) is 3.58. The van der Waals surface area contributed by atoms with Crippen LogP contribution in [0.3, 0.4) is 0 Å². The molecule has 0 radical (unpaired) electrons. The Morgan fingerprint density at radius 3 is 2.85 bits per heavy atom. The maximum Gasteiger partial charge on any atom is 0.260 e. The monoisotopic (exact) mass is 386 g/mol. The summed E-state index contributed by atoms with van der Waals surface area (Å²) in [7, 11) is 1.48. The summed E-state index contributed by atoms with van der Waals surface area (Å²) in [6.07, 6.45) is 2.41. The maximum absolute atomic E-state index is 14.3. The van der Waals surface area contributed by atoms with Gasteiger partial charge >= 0.3 is 0 Å². The number of pyridine rings is 2. The zero-order valence-electron chi connectivity index (χ0n) is 14.6. The van der Waals surface area contributed by atoms with Gasteiger partial charge in [-0.05, 0) is 30.4 Å². The molecule has 1 N–H and O–H groups in total. The van der Waals surface area contributed by atoms with Gasteiger partial charge in [-0.3, -0.25) is 4.79 Å². The van der Waals surface area contributed by atoms with Crippen LogP contribution < -0.4 is 5.56 Å². The third-order valence-electron chi connectivity index (χ3n) is 5.56. The standard InChI is InChI=1S/C20H16ClFN2O3/c1-27-8-12-16(25)6-15-19-11(7-24(15)20(12)26)9-3-2-4-10-17(9)14(23-19)5-13(22)18(10)21/h5-6,25H,2-4,7-8H2,1H3. The third kappa shape index (κ3) is 2.20. The number of hydrogen-bond donors (Lipinski definition) is 1. The van der Waals surface area contributed by atoms with Crippen LogP contribution in [0.25, 0.3) is 22.3 Å². The molecule has 2 aliphatic rings. The van der Waals surface area contributed by atoms with Crippen LogP contribution in [0.4, 0.5) is 4.39 Å². The van der Waals surface area contributed by atoms with Crippen molar-refractivity contribution in [2.45, 2.75) is 32.4 Å². The molecular weight excluding hydrogens is 371 g/mol. The lowest BCUT2D eigenvalue weighted by Gasteiger charge is -2.21. The molecule has 5 nitrogen and oxygen atoms in total. The molecule has 27 heavy (non-hydrogen) atoms. The number of benzene rings is 1. The number of ether oxygens (including phenoxy) is 1. The highest BCUT2D eigenvalue weighted by atomic mass is 35.5. The van der Waals surface area contributed by atoms with Crippen molar-refractivity contribution in [2.75, 3.05) is 7.11 Å². The first-order chi connectivity index (χ1) is 13.0. The van der Waals surface area contributed by atoms with Crippen molar-refractivity contribution in [3.63, 3.8) is 0 Å². The third-order valence-corrected chi connectivity index (χ3v) is 5.97. The van der Waals surface area contributed by atoms with E-state index in [9.17, 15) is 14.3 Å². The van der Waals surface area contributed by atoms with E-state index in [0.717, 1.165) is 34.9 Å². The van der Waals surface area contributed by atoms with Crippen LogP contribution in [-0.4, -0.2) is 21.8 Å². The van der Waals surface area contributed by atoms with Gasteiger partial charge in [0.1, 0.15) is 11.6 Å². The first kappa shape index (κ1) is 16.7. The zero-order chi connectivity index (χ0) is 18.9. The molecule has 5 rings (SSSR count). The number of aromatic hydroxyl groups is 1. The van der Waals surface area contributed by atoms with Crippen molar-refractivity contribution < 1.29 is 14.2 Å². The second-order valence-electron chi connectivity index (χ2n) is 7.03. The topological polar surface area (TPSA) is 64.3 Å². The minimum atomic E-state index is -0.479. The summed E-state index contributed by atoms with van der Waals surface area (Å²) in [5, 5.41) is 11.4. The quantitative estimate of drug-likeness (QED) is 0.572. The van der Waals surface area contributed by atoms with Gasteiger partial charge in [-0.1, -0.05) is 11.6 Å². The van der Waals surface area contributed by atoms with E-state index >= 15 is 0 Å². The van der Waals surface area contributed by atoms with Crippen molar-refractivity contribution in [1.29, 1.82) is 0 Å². The summed E-state index contributed by atoms with van der Waals surface area (Å²) in [5.41, 5.74) is 4.49. The van der Waals surface area contributed by atoms with Gasteiger partial charge in [-0.25, -0.2) is 9.37 Å². The highest BCUT2D eigenvalue weighted by Gasteiger charge is 2.30. The van der Waals surface area contributed by atoms with E-state index in [2.05, 4.69) is 4.98 Å². The number of halogens is 2. The van der Waals surface area contributed by atoms with Gasteiger partial charge in [-0.15, -0.1) is 0 Å². The number of rotatable bonds is 2. The summed E-state index contributed by atoms with van der Waals surface area (Å²) in [5.74, 6) is -0.590. The van der Waals surface area contributed by atoms with Gasteiger partial charge < -0.3 is 14.4 Å². The van der Waals surface area contributed by atoms with Crippen molar-refractivity contribution >= 4 is 22.5 Å². The number of aromatic nitrogens is 2. The van der Waals surface area contributed by atoms with E-state index in [1.807, 2.05) is 0 Å². The Bertz CT molecular complexity index is 1200. The molecule has 1 aromatic carbocycles. The molecular formula is C20H16ClFN2O3. The van der Waals surface area contributed by atoms with Crippen molar-refractivity contribution in [3.8, 4) is 17.1 Å². The summed E-state index contributed by atoms with van der Waals surface area (Å²) >= 11 is 6.21. The molecule has 0 unspecified atom stereocenters. The number of methoxy groups -OCH3 is 1. The minimum Gasteiger partial charge on any atom is -0.507 e. The second-order valence-corrected chi connectivity index (χ2v) is 7.41. The lowest BCUT2D eigenvalue weighted by Crippen LogP contribution is -2.23. The van der Waals surface area contributed by atoms with Crippen LogP contribution in [-0.2, 0) is 30.7 Å². The van der Waals surface area contributed by atoms with E-state index in [4.69, 9.17) is 16.3 Å². The van der Waals surface area contributed by atoms with Crippen molar-refractivity contribution in [3.05, 3.63) is 55.6 Å². The van der Waals surface area contributed by atoms with Gasteiger partial charge in [0.2, 0.25) is 0 Å². The molecule has 3 aromatic rings. The van der Waals surface area contributed by atoms with Crippen LogP contribution in [0.1, 0.15) is 28.7 Å². The molecule has 0 bridgehead atoms. The molecule has 7 heteroatoms. The fourth-order valence-electron chi connectivity index (χ4n) is 4.37. The predicted octanol–water partition coefficient (Wildman–Crippen LogP) is 3.56. The summed E-state index contributed by atoms with van der Waals surface area (Å²) < 4.78 is 20.9. The van der Waals surface area contributed by atoms with Crippen LogP contribution in [0, 0.1) is 5.82 Å². The maximum atomic E-state index is 14.3. The Morgan fingerprint density at radius 2 is 2.07 bits per heavy atom. The molecule has 0 spiro atoms. The molecule has 0 fully saturated rings. The second kappa shape index (κ2) is 5.78. The highest BCUT2D eigenvalue weighted by Crippen LogP contribution is 2.42. The van der Waals surface area contributed by atoms with Crippen LogP contribution >= 0.6 is 11.6 Å². The van der Waals surface area contributed by atoms with Gasteiger partial charge in [0.15, 0.2) is 0 Å². The summed E-state index contributed by atoms with van der Waals surface area (Å²) in [4.78, 5) is 17.5. The summed E-state index contributed by atoms with van der Waals surface area (Å²) in [6.45, 7) is 0.418. The molecule has 0 saturated heterocycles. The Balaban J connectivity index is 1.84. The average Bonchev–Trinajstić information content (AvgIpc) is 3.02. The number of nitrogens with zero attached hydrogens (tertiary/aromatic N) is 2. The molecule has 0 saturated carbocycles. The molecule has 0 atom stereocenters. The van der Waals surface area contributed by atoms with Gasteiger partial charge in [0, 0.05) is 30.2 Å². The first-order valence-electron chi connectivity index (χ1n) is 8.78. The van der Waals surface area contributed by atoms with Gasteiger partial charge in [0.05, 0.1) is 40.6 Å². The largest absolute Gasteiger partial charge is 0.507 e. The van der Waals surface area contributed by atoms with E-state index in [1.54, 1.807) is 10.6 Å². The van der Waals surface area contributed by atoms with Crippen LogP contribution in [0.15, 0.2) is 16.9 Å². The molecule has 3 heterocycles. The van der Waals surface area contributed by atoms with E-state index < -0.39 is 5.82 Å². The normalized spacial score (nSPS) is 14.5. The van der Waals surface area contributed by atoms with E-state index in [0.29, 0.717) is 29.9 Å². The van der Waals surface area contributed by atoms with Crippen LogP contribution in [0.5, 0.6) is 5.75 Å². The zero-order valence-corrected chi connectivity index (χ0v) is 15.4. The SMILES string of the molecule is COCc1c(O)cc2n(c1=O)Cc1c-2nc2cc(F)c(Cl)c3c2c1CCC3. The van der Waals surface area contributed by atoms with Crippen molar-refractivity contribution in [2.24, 2.45) is 0 Å². The average molecular weight is 387 g/mol. The number of aryl methyl sites for hydroxylation is 2. The Labute approximate surface area is 159 Å². The Morgan fingerprint density at radius 1 is 1.30 bits per heavy atom. The van der Waals surface area contributed by atoms with Gasteiger partial charge in [-0.2, -0.15) is 0 Å². The molecule has 0 amide bonds. The first-order valence-corrected chi connectivity index (χ1v) is 9.16. The number of hydrogen-bond acceptors (Lipinski definition) is 4. The van der Waals surface area contributed by atoms with Crippen molar-refractivity contribution in [1.82, 2.24) is 9.55 Å². The highest BCUT2D eigenvalue weighted by molar-refractivity contribution is 6.32. The molecule has 1 aliphatic heterocycles. The van der Waals surface area contributed by atoms with Gasteiger partial charge in [0.25, 0.3) is 5.56 Å².